The molecular weight excluding hydrogens is 282 g/mol. The molecule has 2 aromatic rings. The van der Waals surface area contributed by atoms with E-state index in [1.165, 1.54) is 0 Å². The van der Waals surface area contributed by atoms with E-state index in [-0.39, 0.29) is 11.8 Å². The highest BCUT2D eigenvalue weighted by atomic mass is 16.5. The first-order chi connectivity index (χ1) is 10.6. The fourth-order valence-electron chi connectivity index (χ4n) is 2.93. The summed E-state index contributed by atoms with van der Waals surface area (Å²) in [5.74, 6) is 1.56. The topological polar surface area (TPSA) is 77.1 Å². The number of likely N-dealkylation sites (tertiary alicyclic amines) is 1. The van der Waals surface area contributed by atoms with Gasteiger partial charge in [-0.2, -0.15) is 10.1 Å². The van der Waals surface area contributed by atoms with Crippen LogP contribution in [0.5, 0.6) is 0 Å². The van der Waals surface area contributed by atoms with Gasteiger partial charge in [-0.05, 0) is 19.8 Å². The minimum Gasteiger partial charge on any atom is -0.339 e. The molecule has 0 aromatic carbocycles. The molecule has 1 amide bonds. The van der Waals surface area contributed by atoms with Gasteiger partial charge >= 0.3 is 0 Å². The standard InChI is InChI=1S/C15H21N5O2/c1-4-13-16-14(18-22-13)11-6-5-7-20(8-11)15(21)12-9-19(3)17-10(12)2/h9,11H,4-8H2,1-3H3/t11-/m1/s1. The van der Waals surface area contributed by atoms with Crippen molar-refractivity contribution in [1.29, 1.82) is 0 Å². The minimum atomic E-state index is 0.0366. The second-order valence-electron chi connectivity index (χ2n) is 5.79. The number of aryl methyl sites for hydroxylation is 3. The second kappa shape index (κ2) is 5.90. The number of rotatable bonds is 3. The van der Waals surface area contributed by atoms with Crippen LogP contribution in [0.1, 0.15) is 53.5 Å². The number of hydrogen-bond acceptors (Lipinski definition) is 5. The maximum Gasteiger partial charge on any atom is 0.257 e. The Labute approximate surface area is 129 Å². The molecule has 0 bridgehead atoms. The zero-order chi connectivity index (χ0) is 15.7. The Bertz CT molecular complexity index is 675. The molecule has 0 aliphatic carbocycles. The summed E-state index contributed by atoms with van der Waals surface area (Å²) in [7, 11) is 1.83. The lowest BCUT2D eigenvalue weighted by Crippen LogP contribution is -2.39. The first kappa shape index (κ1) is 14.7. The fourth-order valence-corrected chi connectivity index (χ4v) is 2.93. The van der Waals surface area contributed by atoms with Crippen LogP contribution in [0.3, 0.4) is 0 Å². The molecule has 1 saturated heterocycles. The van der Waals surface area contributed by atoms with Crippen LogP contribution in [0.25, 0.3) is 0 Å². The van der Waals surface area contributed by atoms with Gasteiger partial charge in [0.25, 0.3) is 5.91 Å². The summed E-state index contributed by atoms with van der Waals surface area (Å²) < 4.78 is 6.87. The van der Waals surface area contributed by atoms with E-state index in [9.17, 15) is 4.79 Å². The molecule has 0 spiro atoms. The maximum absolute atomic E-state index is 12.7. The van der Waals surface area contributed by atoms with E-state index in [0.29, 0.717) is 18.0 Å². The summed E-state index contributed by atoms with van der Waals surface area (Å²) >= 11 is 0. The van der Waals surface area contributed by atoms with E-state index in [1.54, 1.807) is 10.9 Å². The average Bonchev–Trinajstić information content (AvgIpc) is 3.13. The lowest BCUT2D eigenvalue weighted by atomic mass is 9.97. The molecule has 7 heteroatoms. The molecule has 0 N–H and O–H groups in total. The van der Waals surface area contributed by atoms with Gasteiger partial charge in [0.15, 0.2) is 5.82 Å². The molecule has 7 nitrogen and oxygen atoms in total. The lowest BCUT2D eigenvalue weighted by molar-refractivity contribution is 0.0703. The Hall–Kier alpha value is -2.18. The third-order valence-corrected chi connectivity index (χ3v) is 4.10. The van der Waals surface area contributed by atoms with E-state index in [1.807, 2.05) is 25.8 Å². The Morgan fingerprint density at radius 3 is 2.95 bits per heavy atom. The van der Waals surface area contributed by atoms with Crippen molar-refractivity contribution < 1.29 is 9.32 Å². The summed E-state index contributed by atoms with van der Waals surface area (Å²) in [5, 5.41) is 8.31. The molecule has 1 fully saturated rings. The Morgan fingerprint density at radius 1 is 1.50 bits per heavy atom. The van der Waals surface area contributed by atoms with E-state index in [0.717, 1.165) is 37.3 Å². The van der Waals surface area contributed by atoms with Crippen molar-refractivity contribution in [2.24, 2.45) is 7.05 Å². The number of carbonyl (C=O) groups excluding carboxylic acids is 1. The smallest absolute Gasteiger partial charge is 0.257 e. The van der Waals surface area contributed by atoms with E-state index in [2.05, 4.69) is 15.2 Å². The van der Waals surface area contributed by atoms with Crippen molar-refractivity contribution in [3.05, 3.63) is 29.2 Å². The van der Waals surface area contributed by atoms with Gasteiger partial charge in [0.1, 0.15) is 0 Å². The first-order valence-electron chi connectivity index (χ1n) is 7.70. The average molecular weight is 303 g/mol. The third-order valence-electron chi connectivity index (χ3n) is 4.10. The largest absolute Gasteiger partial charge is 0.339 e. The van der Waals surface area contributed by atoms with E-state index in [4.69, 9.17) is 4.52 Å². The number of amides is 1. The third kappa shape index (κ3) is 2.75. The highest BCUT2D eigenvalue weighted by Crippen LogP contribution is 2.26. The van der Waals surface area contributed by atoms with Crippen LogP contribution in [0.4, 0.5) is 0 Å². The van der Waals surface area contributed by atoms with Crippen molar-refractivity contribution in [3.63, 3.8) is 0 Å². The molecule has 22 heavy (non-hydrogen) atoms. The molecule has 2 aromatic heterocycles. The van der Waals surface area contributed by atoms with Gasteiger partial charge in [-0.25, -0.2) is 0 Å². The lowest BCUT2D eigenvalue weighted by Gasteiger charge is -2.31. The van der Waals surface area contributed by atoms with Crippen LogP contribution in [0.15, 0.2) is 10.7 Å². The number of nitrogens with zero attached hydrogens (tertiary/aromatic N) is 5. The molecule has 0 saturated carbocycles. The van der Waals surface area contributed by atoms with Crippen molar-refractivity contribution in [2.75, 3.05) is 13.1 Å². The number of aromatic nitrogens is 4. The molecule has 0 unspecified atom stereocenters. The SMILES string of the molecule is CCc1nc([C@@H]2CCCN(C(=O)c3cn(C)nc3C)C2)no1. The molecule has 3 heterocycles. The van der Waals surface area contributed by atoms with Crippen LogP contribution in [0, 0.1) is 6.92 Å². The van der Waals surface area contributed by atoms with Gasteiger partial charge in [0.2, 0.25) is 5.89 Å². The summed E-state index contributed by atoms with van der Waals surface area (Å²) in [5.41, 5.74) is 1.44. The summed E-state index contributed by atoms with van der Waals surface area (Å²) in [6.07, 6.45) is 4.45. The van der Waals surface area contributed by atoms with Gasteiger partial charge in [-0.3, -0.25) is 9.48 Å². The zero-order valence-corrected chi connectivity index (χ0v) is 13.2. The predicted molar refractivity (Wildman–Crippen MR) is 79.5 cm³/mol. The number of hydrogen-bond donors (Lipinski definition) is 0. The Kier molecular flexibility index (Phi) is 3.96. The Morgan fingerprint density at radius 2 is 2.32 bits per heavy atom. The zero-order valence-electron chi connectivity index (χ0n) is 13.2. The first-order valence-corrected chi connectivity index (χ1v) is 7.70. The van der Waals surface area contributed by atoms with Gasteiger partial charge in [-0.15, -0.1) is 0 Å². The van der Waals surface area contributed by atoms with E-state index < -0.39 is 0 Å². The summed E-state index contributed by atoms with van der Waals surface area (Å²) in [4.78, 5) is 19.0. The van der Waals surface area contributed by atoms with Gasteiger partial charge in [-0.1, -0.05) is 12.1 Å². The monoisotopic (exact) mass is 303 g/mol. The highest BCUT2D eigenvalue weighted by molar-refractivity contribution is 5.95. The number of carbonyl (C=O) groups is 1. The van der Waals surface area contributed by atoms with Crippen molar-refractivity contribution >= 4 is 5.91 Å². The van der Waals surface area contributed by atoms with Crippen molar-refractivity contribution in [1.82, 2.24) is 24.8 Å². The fraction of sp³-hybridized carbons (Fsp3) is 0.600. The van der Waals surface area contributed by atoms with Gasteiger partial charge in [0, 0.05) is 38.7 Å². The van der Waals surface area contributed by atoms with Crippen LogP contribution < -0.4 is 0 Å². The van der Waals surface area contributed by atoms with Crippen molar-refractivity contribution in [3.8, 4) is 0 Å². The maximum atomic E-state index is 12.7. The molecule has 1 aliphatic rings. The summed E-state index contributed by atoms with van der Waals surface area (Å²) in [6, 6.07) is 0. The quantitative estimate of drug-likeness (QED) is 0.862. The predicted octanol–water partition coefficient (Wildman–Crippen LogP) is 1.69. The van der Waals surface area contributed by atoms with Crippen LogP contribution in [0.2, 0.25) is 0 Å². The van der Waals surface area contributed by atoms with Gasteiger partial charge < -0.3 is 9.42 Å². The van der Waals surface area contributed by atoms with Crippen LogP contribution >= 0.6 is 0 Å². The molecule has 1 atom stereocenters. The van der Waals surface area contributed by atoms with Crippen molar-refractivity contribution in [2.45, 2.75) is 39.0 Å². The highest BCUT2D eigenvalue weighted by Gasteiger charge is 2.29. The van der Waals surface area contributed by atoms with E-state index >= 15 is 0 Å². The molecular formula is C15H21N5O2. The van der Waals surface area contributed by atoms with Crippen LogP contribution in [-0.4, -0.2) is 43.8 Å². The van der Waals surface area contributed by atoms with Gasteiger partial charge in [0.05, 0.1) is 11.3 Å². The normalized spacial score (nSPS) is 18.7. The number of piperidine rings is 1. The molecule has 0 radical (unpaired) electrons. The molecule has 118 valence electrons. The molecule has 1 aliphatic heterocycles. The van der Waals surface area contributed by atoms with Crippen LogP contribution in [-0.2, 0) is 13.5 Å². The minimum absolute atomic E-state index is 0.0366. The summed E-state index contributed by atoms with van der Waals surface area (Å²) in [6.45, 7) is 5.25. The Balaban J connectivity index is 1.75. The second-order valence-corrected chi connectivity index (χ2v) is 5.79. The molecule has 3 rings (SSSR count).